The van der Waals surface area contributed by atoms with E-state index in [0.717, 1.165) is 22.8 Å². The van der Waals surface area contributed by atoms with Crippen molar-refractivity contribution in [3.8, 4) is 11.5 Å². The third-order valence-electron chi connectivity index (χ3n) is 2.98. The monoisotopic (exact) mass is 278 g/mol. The first-order chi connectivity index (χ1) is 9.24. The summed E-state index contributed by atoms with van der Waals surface area (Å²) in [5.74, 6) is 1.62. The Labute approximate surface area is 117 Å². The van der Waals surface area contributed by atoms with Gasteiger partial charge >= 0.3 is 0 Å². The van der Waals surface area contributed by atoms with Gasteiger partial charge in [0.15, 0.2) is 0 Å². The van der Waals surface area contributed by atoms with Crippen molar-refractivity contribution in [2.75, 3.05) is 14.2 Å². The summed E-state index contributed by atoms with van der Waals surface area (Å²) in [5, 5.41) is 5.21. The Morgan fingerprint density at radius 3 is 2.89 bits per heavy atom. The maximum absolute atomic E-state index is 5.87. The highest BCUT2D eigenvalue weighted by atomic mass is 32.1. The van der Waals surface area contributed by atoms with Gasteiger partial charge < -0.3 is 14.8 Å². The van der Waals surface area contributed by atoms with Crippen LogP contribution in [-0.2, 0) is 6.61 Å². The van der Waals surface area contributed by atoms with E-state index in [0.29, 0.717) is 6.61 Å². The Balaban J connectivity index is 2.19. The zero-order chi connectivity index (χ0) is 13.7. The van der Waals surface area contributed by atoms with Crippen molar-refractivity contribution >= 4 is 11.3 Å². The molecule has 1 aromatic heterocycles. The average Bonchev–Trinajstić information content (AvgIpc) is 2.97. The third kappa shape index (κ3) is 3.45. The molecule has 0 amide bonds. The molecular weight excluding hydrogens is 260 g/mol. The van der Waals surface area contributed by atoms with Crippen molar-refractivity contribution in [2.45, 2.75) is 19.6 Å². The lowest BCUT2D eigenvalue weighted by Crippen LogP contribution is -2.14. The molecule has 0 aliphatic heterocycles. The molecule has 0 fully saturated rings. The summed E-state index contributed by atoms with van der Waals surface area (Å²) in [5.41, 5.74) is 3.86. The minimum absolute atomic E-state index is 0.219. The number of ether oxygens (including phenoxy) is 2. The molecule has 0 spiro atoms. The predicted molar refractivity (Wildman–Crippen MR) is 76.9 cm³/mol. The standard InChI is InChI=1S/C14H18N2O2S/c1-10(15-2)13-5-4-12(17-3)6-14(13)18-7-11-8-19-9-16-11/h4-6,8-10,15H,7H2,1-3H3. The summed E-state index contributed by atoms with van der Waals surface area (Å²) in [4.78, 5) is 4.22. The molecule has 0 radical (unpaired) electrons. The molecule has 102 valence electrons. The molecule has 1 N–H and O–H groups in total. The lowest BCUT2D eigenvalue weighted by atomic mass is 10.1. The number of methoxy groups -OCH3 is 1. The van der Waals surface area contributed by atoms with Gasteiger partial charge in [0.25, 0.3) is 0 Å². The lowest BCUT2D eigenvalue weighted by molar-refractivity contribution is 0.294. The first kappa shape index (κ1) is 13.8. The molecule has 1 atom stereocenters. The van der Waals surface area contributed by atoms with Crippen LogP contribution in [0.2, 0.25) is 0 Å². The van der Waals surface area contributed by atoms with Gasteiger partial charge in [0.05, 0.1) is 18.3 Å². The van der Waals surface area contributed by atoms with Crippen LogP contribution in [0.1, 0.15) is 24.2 Å². The molecule has 0 bridgehead atoms. The number of rotatable bonds is 6. The van der Waals surface area contributed by atoms with Crippen LogP contribution >= 0.6 is 11.3 Å². The Morgan fingerprint density at radius 1 is 1.42 bits per heavy atom. The molecule has 0 saturated carbocycles. The van der Waals surface area contributed by atoms with Gasteiger partial charge in [-0.25, -0.2) is 4.98 Å². The van der Waals surface area contributed by atoms with Crippen LogP contribution in [0.15, 0.2) is 29.1 Å². The maximum atomic E-state index is 5.87. The minimum Gasteiger partial charge on any atom is -0.497 e. The van der Waals surface area contributed by atoms with Gasteiger partial charge in [-0.05, 0) is 20.0 Å². The van der Waals surface area contributed by atoms with E-state index in [2.05, 4.69) is 17.2 Å². The van der Waals surface area contributed by atoms with Gasteiger partial charge in [-0.3, -0.25) is 0 Å². The number of hydrogen-bond acceptors (Lipinski definition) is 5. The van der Waals surface area contributed by atoms with Crippen LogP contribution < -0.4 is 14.8 Å². The summed E-state index contributed by atoms with van der Waals surface area (Å²) >= 11 is 1.57. The largest absolute Gasteiger partial charge is 0.497 e. The molecule has 0 saturated heterocycles. The SMILES string of the molecule is CNC(C)c1ccc(OC)cc1OCc1cscn1. The zero-order valence-electron chi connectivity index (χ0n) is 11.3. The molecule has 1 heterocycles. The Hall–Kier alpha value is -1.59. The number of benzene rings is 1. The summed E-state index contributed by atoms with van der Waals surface area (Å²) in [6.07, 6.45) is 0. The van der Waals surface area contributed by atoms with E-state index in [9.17, 15) is 0 Å². The highest BCUT2D eigenvalue weighted by Gasteiger charge is 2.12. The number of aromatic nitrogens is 1. The second kappa shape index (κ2) is 6.54. The van der Waals surface area contributed by atoms with Crippen molar-refractivity contribution in [1.29, 1.82) is 0 Å². The predicted octanol–water partition coefficient (Wildman–Crippen LogP) is 3.01. The first-order valence-corrected chi connectivity index (χ1v) is 7.04. The smallest absolute Gasteiger partial charge is 0.131 e. The van der Waals surface area contributed by atoms with E-state index < -0.39 is 0 Å². The fraction of sp³-hybridized carbons (Fsp3) is 0.357. The quantitative estimate of drug-likeness (QED) is 0.882. The van der Waals surface area contributed by atoms with Gasteiger partial charge in [-0.15, -0.1) is 11.3 Å². The van der Waals surface area contributed by atoms with Crippen LogP contribution in [0.3, 0.4) is 0 Å². The molecule has 5 heteroatoms. The van der Waals surface area contributed by atoms with E-state index in [1.165, 1.54) is 0 Å². The second-order valence-corrected chi connectivity index (χ2v) is 4.90. The highest BCUT2D eigenvalue weighted by Crippen LogP contribution is 2.30. The maximum Gasteiger partial charge on any atom is 0.131 e. The van der Waals surface area contributed by atoms with E-state index >= 15 is 0 Å². The molecule has 0 aliphatic rings. The molecule has 4 nitrogen and oxygen atoms in total. The summed E-state index contributed by atoms with van der Waals surface area (Å²) < 4.78 is 11.1. The Kier molecular flexibility index (Phi) is 4.76. The van der Waals surface area contributed by atoms with E-state index in [-0.39, 0.29) is 6.04 Å². The molecule has 2 rings (SSSR count). The van der Waals surface area contributed by atoms with Gasteiger partial charge in [0.2, 0.25) is 0 Å². The van der Waals surface area contributed by atoms with Crippen LogP contribution in [0.4, 0.5) is 0 Å². The van der Waals surface area contributed by atoms with Crippen molar-refractivity contribution in [3.63, 3.8) is 0 Å². The molecule has 1 aromatic carbocycles. The molecule has 0 aliphatic carbocycles. The molecule has 19 heavy (non-hydrogen) atoms. The van der Waals surface area contributed by atoms with E-state index in [4.69, 9.17) is 9.47 Å². The van der Waals surface area contributed by atoms with Gasteiger partial charge in [0, 0.05) is 23.1 Å². The average molecular weight is 278 g/mol. The summed E-state index contributed by atoms with van der Waals surface area (Å²) in [6, 6.07) is 6.10. The van der Waals surface area contributed by atoms with Crippen LogP contribution in [0.5, 0.6) is 11.5 Å². The first-order valence-electron chi connectivity index (χ1n) is 6.09. The van der Waals surface area contributed by atoms with Gasteiger partial charge in [-0.1, -0.05) is 6.07 Å². The Bertz CT molecular complexity index is 514. The topological polar surface area (TPSA) is 43.4 Å². The fourth-order valence-electron chi connectivity index (χ4n) is 1.74. The molecule has 2 aromatic rings. The number of nitrogens with zero attached hydrogens (tertiary/aromatic N) is 1. The lowest BCUT2D eigenvalue weighted by Gasteiger charge is -2.17. The van der Waals surface area contributed by atoms with Crippen molar-refractivity contribution in [3.05, 3.63) is 40.3 Å². The number of thiazole rings is 1. The van der Waals surface area contributed by atoms with Gasteiger partial charge in [-0.2, -0.15) is 0 Å². The van der Waals surface area contributed by atoms with Crippen molar-refractivity contribution in [1.82, 2.24) is 10.3 Å². The number of nitrogens with one attached hydrogen (secondary N) is 1. The van der Waals surface area contributed by atoms with E-state index in [1.807, 2.05) is 30.6 Å². The third-order valence-corrected chi connectivity index (χ3v) is 3.61. The molecular formula is C14H18N2O2S. The number of hydrogen-bond donors (Lipinski definition) is 1. The van der Waals surface area contributed by atoms with Crippen LogP contribution in [-0.4, -0.2) is 19.1 Å². The second-order valence-electron chi connectivity index (χ2n) is 4.18. The zero-order valence-corrected chi connectivity index (χ0v) is 12.2. The highest BCUT2D eigenvalue weighted by molar-refractivity contribution is 7.07. The summed E-state index contributed by atoms with van der Waals surface area (Å²) in [6.45, 7) is 2.57. The van der Waals surface area contributed by atoms with Gasteiger partial charge in [0.1, 0.15) is 18.1 Å². The van der Waals surface area contributed by atoms with Crippen LogP contribution in [0, 0.1) is 0 Å². The van der Waals surface area contributed by atoms with Crippen molar-refractivity contribution in [2.24, 2.45) is 0 Å². The molecule has 1 unspecified atom stereocenters. The normalized spacial score (nSPS) is 12.2. The fourth-order valence-corrected chi connectivity index (χ4v) is 2.28. The van der Waals surface area contributed by atoms with Crippen molar-refractivity contribution < 1.29 is 9.47 Å². The van der Waals surface area contributed by atoms with Crippen LogP contribution in [0.25, 0.3) is 0 Å². The van der Waals surface area contributed by atoms with E-state index in [1.54, 1.807) is 24.0 Å². The minimum atomic E-state index is 0.219. The Morgan fingerprint density at radius 2 is 2.26 bits per heavy atom. The summed E-state index contributed by atoms with van der Waals surface area (Å²) in [7, 11) is 3.58.